The molecule has 34 heavy (non-hydrogen) atoms. The minimum Gasteiger partial charge on any atom is -0.490 e. The van der Waals surface area contributed by atoms with Crippen LogP contribution in [-0.4, -0.2) is 52.6 Å². The molecule has 0 atom stereocenters. The number of benzene rings is 2. The topological polar surface area (TPSA) is 87.3 Å². The van der Waals surface area contributed by atoms with Crippen molar-refractivity contribution in [2.45, 2.75) is 25.1 Å². The van der Waals surface area contributed by atoms with Gasteiger partial charge in [-0.05, 0) is 30.3 Å². The zero-order valence-electron chi connectivity index (χ0n) is 18.1. The van der Waals surface area contributed by atoms with Crippen molar-refractivity contribution in [2.24, 2.45) is 0 Å². The molecule has 178 valence electrons. The number of hydrogen-bond acceptors (Lipinski definition) is 4. The number of H-pyrrole nitrogens is 1. The molecule has 2 aromatic carbocycles. The lowest BCUT2D eigenvalue weighted by Crippen LogP contribution is -2.46. The van der Waals surface area contributed by atoms with Gasteiger partial charge in [-0.15, -0.1) is 0 Å². The fraction of sp³-hybridized carbons (Fsp3) is 0.292. The average molecular weight is 472 g/mol. The Balaban J connectivity index is 1.22. The number of hydrogen-bond donors (Lipinski definition) is 2. The number of carbonyl (C=O) groups excluding carboxylic acids is 2. The summed E-state index contributed by atoms with van der Waals surface area (Å²) in [6, 6.07) is 15.6. The van der Waals surface area contributed by atoms with Crippen LogP contribution in [-0.2, 0) is 11.0 Å². The first kappa shape index (κ1) is 23.3. The zero-order chi connectivity index (χ0) is 24.1. The molecule has 0 aliphatic carbocycles. The van der Waals surface area contributed by atoms with Crippen LogP contribution >= 0.6 is 0 Å². The molecular formula is C24H23F3N4O3. The summed E-state index contributed by atoms with van der Waals surface area (Å²) in [6.45, 7) is 0.716. The number of nitrogens with zero attached hydrogens (tertiary/aromatic N) is 2. The number of alkyl halides is 3. The van der Waals surface area contributed by atoms with Gasteiger partial charge < -0.3 is 15.0 Å². The smallest absolute Gasteiger partial charge is 0.416 e. The summed E-state index contributed by atoms with van der Waals surface area (Å²) in [4.78, 5) is 26.5. The molecule has 7 nitrogen and oxygen atoms in total. The number of rotatable bonds is 6. The van der Waals surface area contributed by atoms with Crippen LogP contribution in [0.25, 0.3) is 11.3 Å². The van der Waals surface area contributed by atoms with E-state index >= 15 is 0 Å². The van der Waals surface area contributed by atoms with Gasteiger partial charge in [-0.2, -0.15) is 18.3 Å². The van der Waals surface area contributed by atoms with E-state index in [-0.39, 0.29) is 24.2 Å². The summed E-state index contributed by atoms with van der Waals surface area (Å²) in [5, 5.41) is 9.42. The minimum atomic E-state index is -4.39. The van der Waals surface area contributed by atoms with Crippen LogP contribution in [0.2, 0.25) is 0 Å². The molecule has 1 aliphatic rings. The van der Waals surface area contributed by atoms with Crippen molar-refractivity contribution in [3.63, 3.8) is 0 Å². The van der Waals surface area contributed by atoms with Crippen LogP contribution in [0.15, 0.2) is 60.7 Å². The molecule has 1 saturated heterocycles. The first-order valence-corrected chi connectivity index (χ1v) is 10.8. The maximum atomic E-state index is 12.7. The van der Waals surface area contributed by atoms with E-state index in [0.29, 0.717) is 37.4 Å². The predicted octanol–water partition coefficient (Wildman–Crippen LogP) is 3.90. The van der Waals surface area contributed by atoms with Crippen molar-refractivity contribution < 1.29 is 27.5 Å². The molecule has 1 aromatic heterocycles. The van der Waals surface area contributed by atoms with Gasteiger partial charge in [0, 0.05) is 31.5 Å². The summed E-state index contributed by atoms with van der Waals surface area (Å²) in [7, 11) is 0. The first-order valence-electron chi connectivity index (χ1n) is 10.8. The molecule has 10 heteroatoms. The molecule has 0 unspecified atom stereocenters. The van der Waals surface area contributed by atoms with Gasteiger partial charge in [0.1, 0.15) is 17.5 Å². The Labute approximate surface area is 193 Å². The monoisotopic (exact) mass is 472 g/mol. The van der Waals surface area contributed by atoms with Crippen LogP contribution in [0.5, 0.6) is 5.75 Å². The van der Waals surface area contributed by atoms with E-state index in [0.717, 1.165) is 17.7 Å². The van der Waals surface area contributed by atoms with Gasteiger partial charge >= 0.3 is 6.18 Å². The Kier molecular flexibility index (Phi) is 6.85. The van der Waals surface area contributed by atoms with Crippen LogP contribution in [0.3, 0.4) is 0 Å². The van der Waals surface area contributed by atoms with Gasteiger partial charge in [0.15, 0.2) is 0 Å². The number of amides is 2. The lowest BCUT2D eigenvalue weighted by Gasteiger charge is -2.32. The summed E-state index contributed by atoms with van der Waals surface area (Å²) in [5.74, 6) is -0.285. The Bertz CT molecular complexity index is 1120. The van der Waals surface area contributed by atoms with E-state index in [1.807, 2.05) is 30.3 Å². The van der Waals surface area contributed by atoms with Gasteiger partial charge in [-0.1, -0.05) is 30.3 Å². The number of carbonyl (C=O) groups is 2. The first-order chi connectivity index (χ1) is 16.3. The minimum absolute atomic E-state index is 0.150. The maximum Gasteiger partial charge on any atom is 0.416 e. The second-order valence-corrected chi connectivity index (χ2v) is 7.94. The number of piperidine rings is 1. The Morgan fingerprint density at radius 1 is 1.06 bits per heavy atom. The SMILES string of the molecule is O=C(NCC(=O)N1CCC(Oc2ccc(C(F)(F)F)cc2)CC1)c1cc(-c2ccccc2)n[nH]1. The van der Waals surface area contributed by atoms with Crippen LogP contribution in [0.1, 0.15) is 28.9 Å². The van der Waals surface area contributed by atoms with E-state index < -0.39 is 17.6 Å². The number of aromatic nitrogens is 2. The summed E-state index contributed by atoms with van der Waals surface area (Å²) in [5.41, 5.74) is 1.03. The van der Waals surface area contributed by atoms with Gasteiger partial charge in [0.2, 0.25) is 5.91 Å². The molecule has 2 N–H and O–H groups in total. The third-order valence-corrected chi connectivity index (χ3v) is 5.57. The normalized spacial score (nSPS) is 14.6. The van der Waals surface area contributed by atoms with Crippen molar-refractivity contribution in [3.05, 3.63) is 71.9 Å². The highest BCUT2D eigenvalue weighted by Gasteiger charge is 2.30. The van der Waals surface area contributed by atoms with Crippen molar-refractivity contribution in [1.82, 2.24) is 20.4 Å². The number of aromatic amines is 1. The number of halogens is 3. The van der Waals surface area contributed by atoms with Crippen LogP contribution < -0.4 is 10.1 Å². The van der Waals surface area contributed by atoms with Crippen molar-refractivity contribution >= 4 is 11.8 Å². The second kappa shape index (κ2) is 9.98. The standard InChI is InChI=1S/C24H23F3N4O3/c25-24(26,27)17-6-8-18(9-7-17)34-19-10-12-31(13-11-19)22(32)15-28-23(33)21-14-20(29-30-21)16-4-2-1-3-5-16/h1-9,14,19H,10-13,15H2,(H,28,33)(H,29,30). The number of ether oxygens (including phenoxy) is 1. The molecule has 0 spiro atoms. The summed E-state index contributed by atoms with van der Waals surface area (Å²) in [6.07, 6.45) is -3.50. The predicted molar refractivity (Wildman–Crippen MR) is 118 cm³/mol. The van der Waals surface area contributed by atoms with Gasteiger partial charge in [0.05, 0.1) is 17.8 Å². The fourth-order valence-electron chi connectivity index (χ4n) is 3.70. The van der Waals surface area contributed by atoms with Gasteiger partial charge in [-0.3, -0.25) is 14.7 Å². The third-order valence-electron chi connectivity index (χ3n) is 5.57. The molecule has 4 rings (SSSR count). The Morgan fingerprint density at radius 3 is 2.38 bits per heavy atom. The van der Waals surface area contributed by atoms with E-state index in [2.05, 4.69) is 15.5 Å². The fourth-order valence-corrected chi connectivity index (χ4v) is 3.70. The molecule has 2 amide bonds. The lowest BCUT2D eigenvalue weighted by atomic mass is 10.1. The van der Waals surface area contributed by atoms with E-state index in [4.69, 9.17) is 4.74 Å². The summed E-state index contributed by atoms with van der Waals surface area (Å²) < 4.78 is 43.8. The molecule has 1 aliphatic heterocycles. The highest BCUT2D eigenvalue weighted by Crippen LogP contribution is 2.30. The highest BCUT2D eigenvalue weighted by atomic mass is 19.4. The summed E-state index contributed by atoms with van der Waals surface area (Å²) >= 11 is 0. The molecular weight excluding hydrogens is 449 g/mol. The van der Waals surface area contributed by atoms with Crippen LogP contribution in [0, 0.1) is 0 Å². The highest BCUT2D eigenvalue weighted by molar-refractivity contribution is 5.95. The van der Waals surface area contributed by atoms with Crippen molar-refractivity contribution in [3.8, 4) is 17.0 Å². The largest absolute Gasteiger partial charge is 0.490 e. The lowest BCUT2D eigenvalue weighted by molar-refractivity contribution is -0.137. The van der Waals surface area contributed by atoms with E-state index in [1.165, 1.54) is 12.1 Å². The Hall–Kier alpha value is -3.82. The average Bonchev–Trinajstić information content (AvgIpc) is 3.34. The molecule has 3 aromatic rings. The molecule has 0 bridgehead atoms. The van der Waals surface area contributed by atoms with E-state index in [9.17, 15) is 22.8 Å². The molecule has 0 radical (unpaired) electrons. The third kappa shape index (κ3) is 5.75. The number of likely N-dealkylation sites (tertiary alicyclic amines) is 1. The molecule has 2 heterocycles. The van der Waals surface area contributed by atoms with E-state index in [1.54, 1.807) is 11.0 Å². The van der Waals surface area contributed by atoms with Crippen molar-refractivity contribution in [1.29, 1.82) is 0 Å². The molecule has 0 saturated carbocycles. The number of nitrogens with one attached hydrogen (secondary N) is 2. The van der Waals surface area contributed by atoms with Gasteiger partial charge in [0.25, 0.3) is 5.91 Å². The van der Waals surface area contributed by atoms with Crippen molar-refractivity contribution in [2.75, 3.05) is 19.6 Å². The molecule has 1 fully saturated rings. The van der Waals surface area contributed by atoms with Gasteiger partial charge in [-0.25, -0.2) is 0 Å². The Morgan fingerprint density at radius 2 is 1.74 bits per heavy atom. The maximum absolute atomic E-state index is 12.7. The second-order valence-electron chi connectivity index (χ2n) is 7.94. The zero-order valence-corrected chi connectivity index (χ0v) is 18.1. The quantitative estimate of drug-likeness (QED) is 0.570. The van der Waals surface area contributed by atoms with Crippen LogP contribution in [0.4, 0.5) is 13.2 Å².